The summed E-state index contributed by atoms with van der Waals surface area (Å²) in [5, 5.41) is 5.86. The Kier molecular flexibility index (Phi) is 5.43. The van der Waals surface area contributed by atoms with Gasteiger partial charge in [-0.15, -0.1) is 0 Å². The maximum absolute atomic E-state index is 12.9. The second-order valence-electron chi connectivity index (χ2n) is 7.72. The van der Waals surface area contributed by atoms with Crippen LogP contribution in [-0.2, 0) is 27.4 Å². The molecule has 0 aromatic heterocycles. The summed E-state index contributed by atoms with van der Waals surface area (Å²) < 4.78 is 5.60. The average molecular weight is 386 g/mol. The van der Waals surface area contributed by atoms with Crippen LogP contribution in [0.4, 0.5) is 0 Å². The molecule has 4 rings (SSSR count). The van der Waals surface area contributed by atoms with Gasteiger partial charge in [0.1, 0.15) is 6.04 Å². The minimum Gasteiger partial charge on any atom is -0.377 e. The number of carbonyl (C=O) groups is 3. The molecule has 3 aliphatic rings. The summed E-state index contributed by atoms with van der Waals surface area (Å²) in [6, 6.07) is 5.67. The van der Waals surface area contributed by atoms with Gasteiger partial charge >= 0.3 is 0 Å². The molecule has 0 radical (unpaired) electrons. The predicted octanol–water partition coefficient (Wildman–Crippen LogP) is 0.0435. The first kappa shape index (κ1) is 19.0. The van der Waals surface area contributed by atoms with Gasteiger partial charge in [0, 0.05) is 44.3 Å². The van der Waals surface area contributed by atoms with Crippen LogP contribution in [0.25, 0.3) is 0 Å². The summed E-state index contributed by atoms with van der Waals surface area (Å²) in [6.07, 6.45) is 2.59. The van der Waals surface area contributed by atoms with Gasteiger partial charge in [-0.05, 0) is 36.5 Å². The lowest BCUT2D eigenvalue weighted by Gasteiger charge is -2.29. The summed E-state index contributed by atoms with van der Waals surface area (Å²) in [5.41, 5.74) is 8.31. The number of piperidine rings is 1. The standard InChI is InChI=1S/C20H26N4O4/c21-9-15-8-14(5-6-28-15)22-10-12-1-2-13-11-24(20(27)16(13)7-12)17-3-4-18(25)23-19(17)26/h1-2,7,14-15,17,22H,3-6,8-11,21H2,(H,23,25,26)/t14-,15-,17?/m0/s1. The molecule has 0 saturated carbocycles. The van der Waals surface area contributed by atoms with Crippen molar-refractivity contribution in [1.29, 1.82) is 0 Å². The van der Waals surface area contributed by atoms with Crippen LogP contribution >= 0.6 is 0 Å². The molecule has 4 N–H and O–H groups in total. The van der Waals surface area contributed by atoms with Crippen molar-refractivity contribution >= 4 is 17.7 Å². The van der Waals surface area contributed by atoms with Gasteiger partial charge in [-0.2, -0.15) is 0 Å². The van der Waals surface area contributed by atoms with Crippen LogP contribution < -0.4 is 16.4 Å². The van der Waals surface area contributed by atoms with E-state index in [1.807, 2.05) is 18.2 Å². The Morgan fingerprint density at radius 2 is 2.11 bits per heavy atom. The number of benzene rings is 1. The van der Waals surface area contributed by atoms with E-state index < -0.39 is 6.04 Å². The summed E-state index contributed by atoms with van der Waals surface area (Å²) in [4.78, 5) is 37.9. The highest BCUT2D eigenvalue weighted by molar-refractivity contribution is 6.05. The number of nitrogens with one attached hydrogen (secondary N) is 2. The molecule has 1 unspecified atom stereocenters. The van der Waals surface area contributed by atoms with E-state index in [9.17, 15) is 14.4 Å². The smallest absolute Gasteiger partial charge is 0.255 e. The summed E-state index contributed by atoms with van der Waals surface area (Å²) in [5.74, 6) is -0.794. The van der Waals surface area contributed by atoms with Gasteiger partial charge in [0.2, 0.25) is 11.8 Å². The lowest BCUT2D eigenvalue weighted by atomic mass is 10.0. The quantitative estimate of drug-likeness (QED) is 0.616. The molecule has 3 heterocycles. The number of rotatable bonds is 5. The van der Waals surface area contributed by atoms with Crippen molar-refractivity contribution in [2.24, 2.45) is 5.73 Å². The van der Waals surface area contributed by atoms with Crippen molar-refractivity contribution in [1.82, 2.24) is 15.5 Å². The number of nitrogens with two attached hydrogens (primary N) is 1. The number of carbonyl (C=O) groups excluding carboxylic acids is 3. The van der Waals surface area contributed by atoms with Gasteiger partial charge < -0.3 is 20.7 Å². The topological polar surface area (TPSA) is 114 Å². The SMILES string of the molecule is NC[C@@H]1C[C@@H](NCc2ccc3c(c2)C(=O)N(C2CCC(=O)NC2=O)C3)CCO1. The van der Waals surface area contributed by atoms with Crippen LogP contribution in [0.3, 0.4) is 0 Å². The Balaban J connectivity index is 1.40. The highest BCUT2D eigenvalue weighted by Gasteiger charge is 2.39. The molecule has 3 atom stereocenters. The van der Waals surface area contributed by atoms with Gasteiger partial charge in [-0.25, -0.2) is 0 Å². The van der Waals surface area contributed by atoms with Crippen LogP contribution in [0.15, 0.2) is 18.2 Å². The van der Waals surface area contributed by atoms with E-state index in [2.05, 4.69) is 10.6 Å². The molecule has 3 amide bonds. The number of hydrogen-bond acceptors (Lipinski definition) is 6. The lowest BCUT2D eigenvalue weighted by Crippen LogP contribution is -2.52. The Morgan fingerprint density at radius 1 is 1.25 bits per heavy atom. The molecule has 2 saturated heterocycles. The van der Waals surface area contributed by atoms with Gasteiger partial charge in [-0.1, -0.05) is 12.1 Å². The molecule has 0 spiro atoms. The van der Waals surface area contributed by atoms with E-state index in [0.29, 0.717) is 44.3 Å². The predicted molar refractivity (Wildman–Crippen MR) is 101 cm³/mol. The zero-order valence-corrected chi connectivity index (χ0v) is 15.8. The highest BCUT2D eigenvalue weighted by atomic mass is 16.5. The molecule has 1 aromatic rings. The fraction of sp³-hybridized carbons (Fsp3) is 0.550. The molecule has 1 aromatic carbocycles. The Labute approximate surface area is 163 Å². The number of nitrogens with zero attached hydrogens (tertiary/aromatic N) is 1. The van der Waals surface area contributed by atoms with Gasteiger partial charge in [-0.3, -0.25) is 19.7 Å². The van der Waals surface area contributed by atoms with Crippen molar-refractivity contribution in [3.05, 3.63) is 34.9 Å². The maximum atomic E-state index is 12.9. The van der Waals surface area contributed by atoms with Crippen LogP contribution in [-0.4, -0.2) is 54.0 Å². The third kappa shape index (κ3) is 3.80. The molecule has 8 heteroatoms. The minimum absolute atomic E-state index is 0.106. The van der Waals surface area contributed by atoms with E-state index >= 15 is 0 Å². The summed E-state index contributed by atoms with van der Waals surface area (Å²) in [7, 11) is 0. The monoisotopic (exact) mass is 386 g/mol. The molecule has 150 valence electrons. The second kappa shape index (κ2) is 7.98. The van der Waals surface area contributed by atoms with Crippen molar-refractivity contribution in [3.63, 3.8) is 0 Å². The second-order valence-corrected chi connectivity index (χ2v) is 7.72. The molecule has 0 bridgehead atoms. The molecule has 28 heavy (non-hydrogen) atoms. The Morgan fingerprint density at radius 3 is 2.89 bits per heavy atom. The first-order chi connectivity index (χ1) is 13.5. The maximum Gasteiger partial charge on any atom is 0.255 e. The van der Waals surface area contributed by atoms with Crippen molar-refractivity contribution in [2.75, 3.05) is 13.2 Å². The van der Waals surface area contributed by atoms with Gasteiger partial charge in [0.15, 0.2) is 0 Å². The Bertz CT molecular complexity index is 796. The fourth-order valence-electron chi connectivity index (χ4n) is 4.20. The third-order valence-corrected chi connectivity index (χ3v) is 5.82. The number of ether oxygens (including phenoxy) is 1. The number of fused-ring (bicyclic) bond motifs is 1. The lowest BCUT2D eigenvalue weighted by molar-refractivity contribution is -0.136. The largest absolute Gasteiger partial charge is 0.377 e. The summed E-state index contributed by atoms with van der Waals surface area (Å²) >= 11 is 0. The molecular weight excluding hydrogens is 360 g/mol. The van der Waals surface area contributed by atoms with Crippen molar-refractivity contribution < 1.29 is 19.1 Å². The fourth-order valence-corrected chi connectivity index (χ4v) is 4.20. The van der Waals surface area contributed by atoms with Gasteiger partial charge in [0.25, 0.3) is 5.91 Å². The van der Waals surface area contributed by atoms with E-state index in [-0.39, 0.29) is 30.2 Å². The van der Waals surface area contributed by atoms with Crippen molar-refractivity contribution in [2.45, 2.75) is 57.0 Å². The highest BCUT2D eigenvalue weighted by Crippen LogP contribution is 2.28. The molecule has 3 aliphatic heterocycles. The summed E-state index contributed by atoms with van der Waals surface area (Å²) in [6.45, 7) is 2.32. The number of amides is 3. The molecule has 0 aliphatic carbocycles. The average Bonchev–Trinajstić information content (AvgIpc) is 3.02. The van der Waals surface area contributed by atoms with Crippen molar-refractivity contribution in [3.8, 4) is 0 Å². The van der Waals surface area contributed by atoms with Crippen LogP contribution in [0, 0.1) is 0 Å². The molecule has 2 fully saturated rings. The van der Waals surface area contributed by atoms with E-state index in [1.54, 1.807) is 4.90 Å². The number of imide groups is 1. The molecule has 8 nitrogen and oxygen atoms in total. The first-order valence-electron chi connectivity index (χ1n) is 9.86. The van der Waals surface area contributed by atoms with Crippen LogP contribution in [0.5, 0.6) is 0 Å². The third-order valence-electron chi connectivity index (χ3n) is 5.82. The number of hydrogen-bond donors (Lipinski definition) is 3. The zero-order valence-electron chi connectivity index (χ0n) is 15.8. The Hall–Kier alpha value is -2.29. The normalized spacial score (nSPS) is 27.7. The minimum atomic E-state index is -0.574. The molecular formula is C20H26N4O4. The van der Waals surface area contributed by atoms with E-state index in [0.717, 1.165) is 24.0 Å². The van der Waals surface area contributed by atoms with Crippen LogP contribution in [0.1, 0.15) is 47.2 Å². The van der Waals surface area contributed by atoms with E-state index in [4.69, 9.17) is 10.5 Å². The van der Waals surface area contributed by atoms with E-state index in [1.165, 1.54) is 0 Å². The van der Waals surface area contributed by atoms with Crippen LogP contribution in [0.2, 0.25) is 0 Å². The van der Waals surface area contributed by atoms with Gasteiger partial charge in [0.05, 0.1) is 6.10 Å². The zero-order chi connectivity index (χ0) is 19.7. The first-order valence-corrected chi connectivity index (χ1v) is 9.86.